The third-order valence-electron chi connectivity index (χ3n) is 2.05. The molecule has 0 aromatic heterocycles. The summed E-state index contributed by atoms with van der Waals surface area (Å²) in [7, 11) is 0. The van der Waals surface area contributed by atoms with Gasteiger partial charge in [0.15, 0.2) is 0 Å². The van der Waals surface area contributed by atoms with Gasteiger partial charge in [-0.2, -0.15) is 11.8 Å². The predicted molar refractivity (Wildman–Crippen MR) is 49.9 cm³/mol. The molecule has 0 spiro atoms. The maximum absolute atomic E-state index is 5.73. The highest BCUT2D eigenvalue weighted by atomic mass is 32.2. The zero-order valence-corrected chi connectivity index (χ0v) is 8.06. The largest absolute Gasteiger partial charge is 0.373 e. The normalized spacial score (nSPS) is 34.1. The smallest absolute Gasteiger partial charge is 0.0703 e. The molecular formula is C8H17NOS. The van der Waals surface area contributed by atoms with Gasteiger partial charge in [0.05, 0.1) is 12.2 Å². The topological polar surface area (TPSA) is 35.2 Å². The SMILES string of the molecule is CC(CN)OC1CCSC1C. The Hall–Kier alpha value is 0.270. The summed E-state index contributed by atoms with van der Waals surface area (Å²) in [6.45, 7) is 4.90. The summed E-state index contributed by atoms with van der Waals surface area (Å²) in [6.07, 6.45) is 1.86. The van der Waals surface area contributed by atoms with Crippen molar-refractivity contribution in [3.63, 3.8) is 0 Å². The summed E-state index contributed by atoms with van der Waals surface area (Å²) in [4.78, 5) is 0. The molecule has 1 aliphatic heterocycles. The zero-order valence-electron chi connectivity index (χ0n) is 7.25. The highest BCUT2D eigenvalue weighted by Crippen LogP contribution is 2.29. The van der Waals surface area contributed by atoms with E-state index in [1.165, 1.54) is 12.2 Å². The second kappa shape index (κ2) is 4.33. The highest BCUT2D eigenvalue weighted by Gasteiger charge is 2.25. The van der Waals surface area contributed by atoms with Crippen molar-refractivity contribution in [2.24, 2.45) is 5.73 Å². The van der Waals surface area contributed by atoms with E-state index in [1.807, 2.05) is 18.7 Å². The summed E-state index contributed by atoms with van der Waals surface area (Å²) in [5.74, 6) is 1.24. The zero-order chi connectivity index (χ0) is 8.27. The van der Waals surface area contributed by atoms with Crippen molar-refractivity contribution in [1.82, 2.24) is 0 Å². The fourth-order valence-corrected chi connectivity index (χ4v) is 2.40. The number of ether oxygens (including phenoxy) is 1. The quantitative estimate of drug-likeness (QED) is 0.701. The van der Waals surface area contributed by atoms with Crippen LogP contribution in [0.15, 0.2) is 0 Å². The second-order valence-electron chi connectivity index (χ2n) is 3.09. The number of nitrogens with two attached hydrogens (primary N) is 1. The van der Waals surface area contributed by atoms with E-state index >= 15 is 0 Å². The van der Waals surface area contributed by atoms with Crippen molar-refractivity contribution < 1.29 is 4.74 Å². The van der Waals surface area contributed by atoms with Crippen LogP contribution in [-0.2, 0) is 4.74 Å². The van der Waals surface area contributed by atoms with Gasteiger partial charge in [0.2, 0.25) is 0 Å². The van der Waals surface area contributed by atoms with Crippen molar-refractivity contribution >= 4 is 11.8 Å². The van der Waals surface area contributed by atoms with Gasteiger partial charge in [-0.1, -0.05) is 6.92 Å². The Labute approximate surface area is 72.9 Å². The van der Waals surface area contributed by atoms with Crippen LogP contribution in [0.5, 0.6) is 0 Å². The van der Waals surface area contributed by atoms with Gasteiger partial charge in [0.25, 0.3) is 0 Å². The fourth-order valence-electron chi connectivity index (χ4n) is 1.24. The van der Waals surface area contributed by atoms with Crippen LogP contribution in [0, 0.1) is 0 Å². The van der Waals surface area contributed by atoms with Crippen LogP contribution < -0.4 is 5.73 Å². The Kier molecular flexibility index (Phi) is 3.69. The summed E-state index contributed by atoms with van der Waals surface area (Å²) >= 11 is 1.99. The lowest BCUT2D eigenvalue weighted by atomic mass is 10.2. The monoisotopic (exact) mass is 175 g/mol. The van der Waals surface area contributed by atoms with Crippen molar-refractivity contribution in [1.29, 1.82) is 0 Å². The van der Waals surface area contributed by atoms with Crippen LogP contribution >= 0.6 is 11.8 Å². The van der Waals surface area contributed by atoms with Gasteiger partial charge in [0, 0.05) is 11.8 Å². The van der Waals surface area contributed by atoms with E-state index in [0.717, 1.165) is 0 Å². The molecule has 0 aromatic carbocycles. The molecule has 1 rings (SSSR count). The van der Waals surface area contributed by atoms with Crippen LogP contribution in [0.2, 0.25) is 0 Å². The number of rotatable bonds is 3. The molecule has 0 amide bonds. The van der Waals surface area contributed by atoms with E-state index in [-0.39, 0.29) is 6.10 Å². The summed E-state index contributed by atoms with van der Waals surface area (Å²) in [6, 6.07) is 0. The van der Waals surface area contributed by atoms with E-state index in [4.69, 9.17) is 10.5 Å². The Bertz CT molecular complexity index is 121. The number of thioether (sulfide) groups is 1. The molecule has 1 fully saturated rings. The highest BCUT2D eigenvalue weighted by molar-refractivity contribution is 8.00. The minimum absolute atomic E-state index is 0.223. The van der Waals surface area contributed by atoms with Crippen molar-refractivity contribution in [3.05, 3.63) is 0 Å². The molecule has 2 N–H and O–H groups in total. The molecule has 2 nitrogen and oxygen atoms in total. The van der Waals surface area contributed by atoms with Crippen molar-refractivity contribution in [2.45, 2.75) is 37.7 Å². The summed E-state index contributed by atoms with van der Waals surface area (Å²) in [5, 5.41) is 0.656. The summed E-state index contributed by atoms with van der Waals surface area (Å²) in [5.41, 5.74) is 5.46. The minimum Gasteiger partial charge on any atom is -0.373 e. The van der Waals surface area contributed by atoms with E-state index in [0.29, 0.717) is 17.9 Å². The first kappa shape index (κ1) is 9.36. The molecule has 1 heterocycles. The standard InChI is InChI=1S/C8H17NOS/c1-6(5-9)10-8-3-4-11-7(8)2/h6-8H,3-5,9H2,1-2H3. The lowest BCUT2D eigenvalue weighted by Crippen LogP contribution is -2.29. The van der Waals surface area contributed by atoms with Gasteiger partial charge in [-0.3, -0.25) is 0 Å². The fraction of sp³-hybridized carbons (Fsp3) is 1.00. The van der Waals surface area contributed by atoms with Gasteiger partial charge in [-0.15, -0.1) is 0 Å². The first-order chi connectivity index (χ1) is 5.24. The Morgan fingerprint density at radius 2 is 2.45 bits per heavy atom. The van der Waals surface area contributed by atoms with Gasteiger partial charge >= 0.3 is 0 Å². The van der Waals surface area contributed by atoms with Crippen molar-refractivity contribution in [2.75, 3.05) is 12.3 Å². The number of hydrogen-bond acceptors (Lipinski definition) is 3. The molecule has 0 radical (unpaired) electrons. The maximum Gasteiger partial charge on any atom is 0.0703 e. The molecule has 3 atom stereocenters. The van der Waals surface area contributed by atoms with E-state index < -0.39 is 0 Å². The minimum atomic E-state index is 0.223. The molecule has 11 heavy (non-hydrogen) atoms. The van der Waals surface area contributed by atoms with Crippen LogP contribution in [0.3, 0.4) is 0 Å². The van der Waals surface area contributed by atoms with Crippen LogP contribution in [0.25, 0.3) is 0 Å². The van der Waals surface area contributed by atoms with Gasteiger partial charge < -0.3 is 10.5 Å². The lowest BCUT2D eigenvalue weighted by molar-refractivity contribution is 0.00663. The second-order valence-corrected chi connectivity index (χ2v) is 4.57. The molecule has 1 saturated heterocycles. The molecule has 1 aliphatic rings. The molecule has 3 unspecified atom stereocenters. The van der Waals surface area contributed by atoms with E-state index in [1.54, 1.807) is 0 Å². The number of hydrogen-bond donors (Lipinski definition) is 1. The van der Waals surface area contributed by atoms with Crippen LogP contribution in [0.4, 0.5) is 0 Å². The molecule has 66 valence electrons. The third-order valence-corrected chi connectivity index (χ3v) is 3.35. The lowest BCUT2D eigenvalue weighted by Gasteiger charge is -2.19. The maximum atomic E-state index is 5.73. The molecule has 0 saturated carbocycles. The molecule has 0 aromatic rings. The first-order valence-electron chi connectivity index (χ1n) is 4.21. The van der Waals surface area contributed by atoms with Gasteiger partial charge in [-0.05, 0) is 19.1 Å². The molecule has 3 heteroatoms. The van der Waals surface area contributed by atoms with Crippen LogP contribution in [-0.4, -0.2) is 29.8 Å². The Morgan fingerprint density at radius 3 is 2.91 bits per heavy atom. The van der Waals surface area contributed by atoms with Crippen LogP contribution in [0.1, 0.15) is 20.3 Å². The average Bonchev–Trinajstić information content (AvgIpc) is 2.37. The molecule has 0 aliphatic carbocycles. The third kappa shape index (κ3) is 2.65. The molecule has 0 bridgehead atoms. The first-order valence-corrected chi connectivity index (χ1v) is 5.26. The predicted octanol–water partition coefficient (Wildman–Crippen LogP) is 1.24. The average molecular weight is 175 g/mol. The molecular weight excluding hydrogens is 158 g/mol. The van der Waals surface area contributed by atoms with Crippen molar-refractivity contribution in [3.8, 4) is 0 Å². The van der Waals surface area contributed by atoms with E-state index in [2.05, 4.69) is 6.92 Å². The van der Waals surface area contributed by atoms with E-state index in [9.17, 15) is 0 Å². The summed E-state index contributed by atoms with van der Waals surface area (Å²) < 4.78 is 5.73. The Balaban J connectivity index is 2.24. The van der Waals surface area contributed by atoms with Gasteiger partial charge in [0.1, 0.15) is 0 Å². The Morgan fingerprint density at radius 1 is 1.73 bits per heavy atom. The van der Waals surface area contributed by atoms with Gasteiger partial charge in [-0.25, -0.2) is 0 Å².